The van der Waals surface area contributed by atoms with Crippen LogP contribution in [-0.2, 0) is 4.79 Å². The normalized spacial score (nSPS) is 25.7. The third-order valence-corrected chi connectivity index (χ3v) is 5.53. The van der Waals surface area contributed by atoms with Crippen LogP contribution in [0.1, 0.15) is 48.0 Å². The Hall–Kier alpha value is -2.30. The Balaban J connectivity index is 1.39. The number of H-pyrrole nitrogens is 1. The van der Waals surface area contributed by atoms with Gasteiger partial charge in [0.05, 0.1) is 12.8 Å². The van der Waals surface area contributed by atoms with Crippen LogP contribution in [0.2, 0.25) is 0 Å². The lowest BCUT2D eigenvalue weighted by molar-refractivity contribution is -0.133. The fraction of sp³-hybridized carbons (Fsp3) is 0.500. The molecule has 5 nitrogen and oxygen atoms in total. The number of carbonyl (C=O) groups is 1. The van der Waals surface area contributed by atoms with Gasteiger partial charge in [0.15, 0.2) is 0 Å². The van der Waals surface area contributed by atoms with Crippen molar-refractivity contribution in [3.8, 4) is 5.75 Å². The van der Waals surface area contributed by atoms with Crippen LogP contribution in [0.4, 0.5) is 0 Å². The molecule has 1 aromatic heterocycles. The SMILES string of the molecule is COc1ccc([C@@H]2C[C@@H]2C(=O)N2CCC[C@@H](c3cc(C)[nH]n3)C2)cc1. The molecule has 5 heteroatoms. The van der Waals surface area contributed by atoms with Crippen LogP contribution in [0.5, 0.6) is 5.75 Å². The number of amides is 1. The van der Waals surface area contributed by atoms with Gasteiger partial charge in [0, 0.05) is 30.6 Å². The van der Waals surface area contributed by atoms with Crippen molar-refractivity contribution in [3.05, 3.63) is 47.3 Å². The molecule has 2 aromatic rings. The van der Waals surface area contributed by atoms with E-state index in [-0.39, 0.29) is 5.92 Å². The van der Waals surface area contributed by atoms with Crippen molar-refractivity contribution in [2.75, 3.05) is 20.2 Å². The Morgan fingerprint density at radius 3 is 2.80 bits per heavy atom. The number of piperidine rings is 1. The van der Waals surface area contributed by atoms with Gasteiger partial charge in [-0.05, 0) is 55.9 Å². The molecule has 4 rings (SSSR count). The van der Waals surface area contributed by atoms with Gasteiger partial charge in [-0.15, -0.1) is 0 Å². The molecule has 1 aromatic carbocycles. The van der Waals surface area contributed by atoms with Crippen LogP contribution in [0.15, 0.2) is 30.3 Å². The Kier molecular flexibility index (Phi) is 4.24. The average Bonchev–Trinajstić information content (AvgIpc) is 3.34. The minimum atomic E-state index is 0.146. The lowest BCUT2D eigenvalue weighted by Crippen LogP contribution is -2.40. The molecule has 0 bridgehead atoms. The van der Waals surface area contributed by atoms with Crippen LogP contribution in [0, 0.1) is 12.8 Å². The van der Waals surface area contributed by atoms with Crippen LogP contribution in [-0.4, -0.2) is 41.2 Å². The Morgan fingerprint density at radius 1 is 1.32 bits per heavy atom. The van der Waals surface area contributed by atoms with E-state index in [9.17, 15) is 4.79 Å². The van der Waals surface area contributed by atoms with Crippen LogP contribution >= 0.6 is 0 Å². The number of benzene rings is 1. The first-order chi connectivity index (χ1) is 12.2. The lowest BCUT2D eigenvalue weighted by atomic mass is 9.94. The number of methoxy groups -OCH3 is 1. The zero-order chi connectivity index (χ0) is 17.4. The van der Waals surface area contributed by atoms with Gasteiger partial charge in [0.1, 0.15) is 5.75 Å². The van der Waals surface area contributed by atoms with Gasteiger partial charge < -0.3 is 9.64 Å². The number of nitrogens with zero attached hydrogens (tertiary/aromatic N) is 2. The molecule has 0 spiro atoms. The number of aromatic amines is 1. The number of ether oxygens (including phenoxy) is 1. The molecule has 2 heterocycles. The third kappa shape index (κ3) is 3.28. The fourth-order valence-corrected chi connectivity index (χ4v) is 3.99. The number of hydrogen-bond donors (Lipinski definition) is 1. The fourth-order valence-electron chi connectivity index (χ4n) is 3.99. The van der Waals surface area contributed by atoms with Gasteiger partial charge in [0.2, 0.25) is 5.91 Å². The molecule has 1 aliphatic carbocycles. The average molecular weight is 339 g/mol. The smallest absolute Gasteiger partial charge is 0.226 e. The van der Waals surface area contributed by atoms with Crippen molar-refractivity contribution >= 4 is 5.91 Å². The maximum absolute atomic E-state index is 12.9. The van der Waals surface area contributed by atoms with Crippen molar-refractivity contribution < 1.29 is 9.53 Å². The number of nitrogens with one attached hydrogen (secondary N) is 1. The minimum Gasteiger partial charge on any atom is -0.497 e. The molecule has 132 valence electrons. The highest BCUT2D eigenvalue weighted by molar-refractivity contribution is 5.83. The zero-order valence-electron chi connectivity index (χ0n) is 14.9. The molecule has 2 fully saturated rings. The van der Waals surface area contributed by atoms with Gasteiger partial charge in [-0.2, -0.15) is 5.10 Å². The van der Waals surface area contributed by atoms with Crippen molar-refractivity contribution in [1.29, 1.82) is 0 Å². The van der Waals surface area contributed by atoms with Gasteiger partial charge in [-0.3, -0.25) is 9.89 Å². The van der Waals surface area contributed by atoms with E-state index in [4.69, 9.17) is 4.74 Å². The molecule has 1 saturated carbocycles. The second-order valence-corrected chi connectivity index (χ2v) is 7.32. The highest BCUT2D eigenvalue weighted by Gasteiger charge is 2.46. The van der Waals surface area contributed by atoms with E-state index in [0.29, 0.717) is 17.7 Å². The van der Waals surface area contributed by atoms with E-state index < -0.39 is 0 Å². The molecular weight excluding hydrogens is 314 g/mol. The van der Waals surface area contributed by atoms with Gasteiger partial charge in [0.25, 0.3) is 0 Å². The molecule has 1 amide bonds. The van der Waals surface area contributed by atoms with E-state index in [0.717, 1.165) is 49.5 Å². The van der Waals surface area contributed by atoms with Crippen molar-refractivity contribution in [1.82, 2.24) is 15.1 Å². The summed E-state index contributed by atoms with van der Waals surface area (Å²) in [7, 11) is 1.67. The predicted molar refractivity (Wildman–Crippen MR) is 95.7 cm³/mol. The first-order valence-corrected chi connectivity index (χ1v) is 9.10. The van der Waals surface area contributed by atoms with Crippen LogP contribution in [0.3, 0.4) is 0 Å². The summed E-state index contributed by atoms with van der Waals surface area (Å²) >= 11 is 0. The number of hydrogen-bond acceptors (Lipinski definition) is 3. The molecule has 1 saturated heterocycles. The Morgan fingerprint density at radius 2 is 2.12 bits per heavy atom. The molecule has 1 N–H and O–H groups in total. The summed E-state index contributed by atoms with van der Waals surface area (Å²) in [5.74, 6) is 2.05. The monoisotopic (exact) mass is 339 g/mol. The standard InChI is InChI=1S/C20H25N3O2/c1-13-10-19(22-21-13)15-4-3-9-23(12-15)20(24)18-11-17(18)14-5-7-16(25-2)8-6-14/h5-8,10,15,17-18H,3-4,9,11-12H2,1-2H3,(H,21,22)/t15-,17+,18+/m1/s1. The van der Waals surface area contributed by atoms with Crippen LogP contribution in [0.25, 0.3) is 0 Å². The van der Waals surface area contributed by atoms with Crippen LogP contribution < -0.4 is 4.74 Å². The van der Waals surface area contributed by atoms with E-state index >= 15 is 0 Å². The molecule has 3 atom stereocenters. The van der Waals surface area contributed by atoms with Gasteiger partial charge >= 0.3 is 0 Å². The summed E-state index contributed by atoms with van der Waals surface area (Å²) in [4.78, 5) is 15.0. The van der Waals surface area contributed by atoms with Crippen molar-refractivity contribution in [2.24, 2.45) is 5.92 Å². The minimum absolute atomic E-state index is 0.146. The Labute approximate surface area is 148 Å². The summed E-state index contributed by atoms with van der Waals surface area (Å²) in [5, 5.41) is 7.42. The number of carbonyl (C=O) groups excluding carboxylic acids is 1. The largest absolute Gasteiger partial charge is 0.497 e. The number of aryl methyl sites for hydroxylation is 1. The summed E-state index contributed by atoms with van der Waals surface area (Å²) < 4.78 is 5.21. The molecule has 2 aliphatic rings. The quantitative estimate of drug-likeness (QED) is 0.930. The summed E-state index contributed by atoms with van der Waals surface area (Å²) in [6, 6.07) is 10.2. The second-order valence-electron chi connectivity index (χ2n) is 7.32. The predicted octanol–water partition coefficient (Wildman–Crippen LogP) is 3.24. The topological polar surface area (TPSA) is 58.2 Å². The summed E-state index contributed by atoms with van der Waals surface area (Å²) in [6.45, 7) is 3.70. The van der Waals surface area contributed by atoms with Gasteiger partial charge in [-0.25, -0.2) is 0 Å². The highest BCUT2D eigenvalue weighted by Crippen LogP contribution is 2.49. The number of rotatable bonds is 4. The zero-order valence-corrected chi connectivity index (χ0v) is 14.9. The molecule has 0 radical (unpaired) electrons. The van der Waals surface area contributed by atoms with E-state index in [1.54, 1.807) is 7.11 Å². The maximum Gasteiger partial charge on any atom is 0.226 e. The molecular formula is C20H25N3O2. The number of likely N-dealkylation sites (tertiary alicyclic amines) is 1. The maximum atomic E-state index is 12.9. The molecule has 25 heavy (non-hydrogen) atoms. The lowest BCUT2D eigenvalue weighted by Gasteiger charge is -2.32. The summed E-state index contributed by atoms with van der Waals surface area (Å²) in [6.07, 6.45) is 3.14. The third-order valence-electron chi connectivity index (χ3n) is 5.53. The first kappa shape index (κ1) is 16.2. The second kappa shape index (κ2) is 6.54. The van der Waals surface area contributed by atoms with Crippen molar-refractivity contribution in [2.45, 2.75) is 38.0 Å². The van der Waals surface area contributed by atoms with Crippen molar-refractivity contribution in [3.63, 3.8) is 0 Å². The van der Waals surface area contributed by atoms with Gasteiger partial charge in [-0.1, -0.05) is 12.1 Å². The Bertz CT molecular complexity index is 753. The number of aromatic nitrogens is 2. The van der Waals surface area contributed by atoms with E-state index in [2.05, 4.69) is 33.3 Å². The molecule has 0 unspecified atom stereocenters. The first-order valence-electron chi connectivity index (χ1n) is 9.10. The summed E-state index contributed by atoms with van der Waals surface area (Å²) in [5.41, 5.74) is 3.42. The molecule has 1 aliphatic heterocycles. The van der Waals surface area contributed by atoms with E-state index in [1.807, 2.05) is 19.1 Å². The van der Waals surface area contributed by atoms with E-state index in [1.165, 1.54) is 5.56 Å². The highest BCUT2D eigenvalue weighted by atomic mass is 16.5.